The number of halogens is 2. The van der Waals surface area contributed by atoms with Gasteiger partial charge in [0.2, 0.25) is 0 Å². The van der Waals surface area contributed by atoms with Gasteiger partial charge in [0.15, 0.2) is 0 Å². The van der Waals surface area contributed by atoms with E-state index in [0.717, 1.165) is 21.5 Å². The predicted molar refractivity (Wildman–Crippen MR) is 78.0 cm³/mol. The number of hydrogen-bond acceptors (Lipinski definition) is 3. The van der Waals surface area contributed by atoms with E-state index in [2.05, 4.69) is 38.1 Å². The van der Waals surface area contributed by atoms with E-state index in [1.165, 1.54) is 0 Å². The zero-order chi connectivity index (χ0) is 13.1. The van der Waals surface area contributed by atoms with Gasteiger partial charge >= 0.3 is 0 Å². The Bertz CT molecular complexity index is 560. The SMILES string of the molecule is Cc1nccnc1C(C)Nc1ccc(Cl)c(Br)c1. The quantitative estimate of drug-likeness (QED) is 0.910. The summed E-state index contributed by atoms with van der Waals surface area (Å²) in [5.74, 6) is 0. The third-order valence-corrected chi connectivity index (χ3v) is 3.85. The van der Waals surface area contributed by atoms with Crippen molar-refractivity contribution in [3.8, 4) is 0 Å². The van der Waals surface area contributed by atoms with E-state index in [1.54, 1.807) is 12.4 Å². The molecule has 1 heterocycles. The average molecular weight is 327 g/mol. The Hall–Kier alpha value is -1.13. The van der Waals surface area contributed by atoms with Gasteiger partial charge in [-0.05, 0) is 48.0 Å². The second kappa shape index (κ2) is 5.67. The summed E-state index contributed by atoms with van der Waals surface area (Å²) in [7, 11) is 0. The van der Waals surface area contributed by atoms with Crippen molar-refractivity contribution in [2.24, 2.45) is 0 Å². The monoisotopic (exact) mass is 325 g/mol. The number of rotatable bonds is 3. The number of hydrogen-bond donors (Lipinski definition) is 1. The number of nitrogens with zero attached hydrogens (tertiary/aromatic N) is 2. The van der Waals surface area contributed by atoms with Crippen molar-refractivity contribution in [1.82, 2.24) is 9.97 Å². The van der Waals surface area contributed by atoms with Crippen LogP contribution in [-0.4, -0.2) is 9.97 Å². The summed E-state index contributed by atoms with van der Waals surface area (Å²) >= 11 is 9.37. The van der Waals surface area contributed by atoms with Gasteiger partial charge in [-0.3, -0.25) is 9.97 Å². The molecule has 1 aromatic heterocycles. The normalized spacial score (nSPS) is 12.2. The molecule has 1 unspecified atom stereocenters. The standard InChI is InChI=1S/C13H13BrClN3/c1-8-13(17-6-5-16-8)9(2)18-10-3-4-12(15)11(14)7-10/h3-7,9,18H,1-2H3. The molecule has 0 radical (unpaired) electrons. The Morgan fingerprint density at radius 2 is 2.00 bits per heavy atom. The molecule has 0 aliphatic carbocycles. The molecule has 18 heavy (non-hydrogen) atoms. The van der Waals surface area contributed by atoms with Crippen LogP contribution in [0, 0.1) is 6.92 Å². The number of aryl methyl sites for hydroxylation is 1. The van der Waals surface area contributed by atoms with Gasteiger partial charge < -0.3 is 5.32 Å². The van der Waals surface area contributed by atoms with Crippen LogP contribution in [0.4, 0.5) is 5.69 Å². The van der Waals surface area contributed by atoms with Crippen LogP contribution in [0.1, 0.15) is 24.4 Å². The minimum atomic E-state index is 0.0896. The lowest BCUT2D eigenvalue weighted by atomic mass is 10.2. The first kappa shape index (κ1) is 13.3. The Morgan fingerprint density at radius 3 is 2.67 bits per heavy atom. The third-order valence-electron chi connectivity index (χ3n) is 2.63. The van der Waals surface area contributed by atoms with E-state index in [4.69, 9.17) is 11.6 Å². The minimum Gasteiger partial charge on any atom is -0.377 e. The van der Waals surface area contributed by atoms with Crippen LogP contribution in [0.3, 0.4) is 0 Å². The van der Waals surface area contributed by atoms with Crippen molar-refractivity contribution in [1.29, 1.82) is 0 Å². The zero-order valence-corrected chi connectivity index (χ0v) is 12.5. The summed E-state index contributed by atoms with van der Waals surface area (Å²) in [5.41, 5.74) is 2.87. The second-order valence-corrected chi connectivity index (χ2v) is 5.28. The molecule has 0 aliphatic heterocycles. The fourth-order valence-electron chi connectivity index (χ4n) is 1.75. The van der Waals surface area contributed by atoms with Crippen molar-refractivity contribution in [2.45, 2.75) is 19.9 Å². The first-order valence-corrected chi connectivity index (χ1v) is 6.74. The summed E-state index contributed by atoms with van der Waals surface area (Å²) in [4.78, 5) is 8.59. The van der Waals surface area contributed by atoms with Gasteiger partial charge in [-0.15, -0.1) is 0 Å². The summed E-state index contributed by atoms with van der Waals surface area (Å²) in [6.07, 6.45) is 3.41. The highest BCUT2D eigenvalue weighted by Gasteiger charge is 2.10. The van der Waals surface area contributed by atoms with Crippen molar-refractivity contribution < 1.29 is 0 Å². The van der Waals surface area contributed by atoms with E-state index < -0.39 is 0 Å². The Balaban J connectivity index is 2.19. The molecule has 0 bridgehead atoms. The topological polar surface area (TPSA) is 37.8 Å². The molecule has 0 fully saturated rings. The molecular weight excluding hydrogens is 314 g/mol. The smallest absolute Gasteiger partial charge is 0.0835 e. The Kier molecular flexibility index (Phi) is 4.19. The lowest BCUT2D eigenvalue weighted by Crippen LogP contribution is -2.10. The molecule has 2 aromatic rings. The first-order valence-electron chi connectivity index (χ1n) is 5.57. The molecule has 0 saturated carbocycles. The van der Waals surface area contributed by atoms with Gasteiger partial charge in [-0.25, -0.2) is 0 Å². The lowest BCUT2D eigenvalue weighted by molar-refractivity contribution is 0.810. The van der Waals surface area contributed by atoms with E-state index in [-0.39, 0.29) is 6.04 Å². The Morgan fingerprint density at radius 1 is 1.28 bits per heavy atom. The maximum absolute atomic E-state index is 5.96. The summed E-state index contributed by atoms with van der Waals surface area (Å²) in [6.45, 7) is 4.01. The maximum Gasteiger partial charge on any atom is 0.0835 e. The largest absolute Gasteiger partial charge is 0.377 e. The van der Waals surface area contributed by atoms with Gasteiger partial charge in [0.05, 0.1) is 22.5 Å². The molecule has 0 saturated heterocycles. The Labute approximate surface area is 120 Å². The van der Waals surface area contributed by atoms with Crippen LogP contribution in [0.5, 0.6) is 0 Å². The van der Waals surface area contributed by atoms with Crippen molar-refractivity contribution in [3.63, 3.8) is 0 Å². The van der Waals surface area contributed by atoms with E-state index in [9.17, 15) is 0 Å². The molecule has 1 aromatic carbocycles. The summed E-state index contributed by atoms with van der Waals surface area (Å²) in [5, 5.41) is 4.07. The van der Waals surface area contributed by atoms with Crippen LogP contribution >= 0.6 is 27.5 Å². The van der Waals surface area contributed by atoms with Crippen molar-refractivity contribution >= 4 is 33.2 Å². The highest BCUT2D eigenvalue weighted by molar-refractivity contribution is 9.10. The van der Waals surface area contributed by atoms with E-state index >= 15 is 0 Å². The van der Waals surface area contributed by atoms with Crippen LogP contribution in [-0.2, 0) is 0 Å². The molecule has 0 spiro atoms. The maximum atomic E-state index is 5.96. The van der Waals surface area contributed by atoms with Crippen LogP contribution in [0.25, 0.3) is 0 Å². The highest BCUT2D eigenvalue weighted by Crippen LogP contribution is 2.27. The molecule has 5 heteroatoms. The molecule has 3 nitrogen and oxygen atoms in total. The molecule has 0 aliphatic rings. The number of benzene rings is 1. The van der Waals surface area contributed by atoms with Crippen LogP contribution in [0.2, 0.25) is 5.02 Å². The zero-order valence-electron chi connectivity index (χ0n) is 10.1. The molecular formula is C13H13BrClN3. The van der Waals surface area contributed by atoms with Crippen molar-refractivity contribution in [2.75, 3.05) is 5.32 Å². The third kappa shape index (κ3) is 3.00. The van der Waals surface area contributed by atoms with Gasteiger partial charge in [-0.1, -0.05) is 11.6 Å². The fraction of sp³-hybridized carbons (Fsp3) is 0.231. The van der Waals surface area contributed by atoms with Crippen LogP contribution in [0.15, 0.2) is 35.1 Å². The van der Waals surface area contributed by atoms with E-state index in [1.807, 2.05) is 25.1 Å². The molecule has 94 valence electrons. The fourth-order valence-corrected chi connectivity index (χ4v) is 2.24. The molecule has 1 N–H and O–H groups in total. The molecule has 2 rings (SSSR count). The number of nitrogens with one attached hydrogen (secondary N) is 1. The summed E-state index contributed by atoms with van der Waals surface area (Å²) in [6, 6.07) is 5.83. The van der Waals surface area contributed by atoms with Crippen molar-refractivity contribution in [3.05, 3.63) is 51.5 Å². The van der Waals surface area contributed by atoms with Gasteiger partial charge in [0, 0.05) is 22.6 Å². The minimum absolute atomic E-state index is 0.0896. The molecule has 0 amide bonds. The number of anilines is 1. The van der Waals surface area contributed by atoms with Crippen LogP contribution < -0.4 is 5.32 Å². The molecule has 1 atom stereocenters. The highest BCUT2D eigenvalue weighted by atomic mass is 79.9. The first-order chi connectivity index (χ1) is 8.58. The lowest BCUT2D eigenvalue weighted by Gasteiger charge is -2.16. The summed E-state index contributed by atoms with van der Waals surface area (Å²) < 4.78 is 0.872. The van der Waals surface area contributed by atoms with E-state index in [0.29, 0.717) is 5.02 Å². The second-order valence-electron chi connectivity index (χ2n) is 4.02. The van der Waals surface area contributed by atoms with Gasteiger partial charge in [0.25, 0.3) is 0 Å². The van der Waals surface area contributed by atoms with Gasteiger partial charge in [0.1, 0.15) is 0 Å². The number of aromatic nitrogens is 2. The average Bonchev–Trinajstić information content (AvgIpc) is 2.34. The van der Waals surface area contributed by atoms with Gasteiger partial charge in [-0.2, -0.15) is 0 Å². The predicted octanol–water partition coefficient (Wildman–Crippen LogP) is 4.37.